The van der Waals surface area contributed by atoms with Crippen molar-refractivity contribution in [3.05, 3.63) is 29.3 Å². The number of nitrogens with zero attached hydrogens (tertiary/aromatic N) is 2. The van der Waals surface area contributed by atoms with Gasteiger partial charge in [-0.25, -0.2) is 8.78 Å². The van der Waals surface area contributed by atoms with Crippen LogP contribution in [0.15, 0.2) is 12.1 Å². The molecule has 0 unspecified atom stereocenters. The molecule has 0 saturated carbocycles. The van der Waals surface area contributed by atoms with Crippen LogP contribution < -0.4 is 5.73 Å². The standard InChI is InChI=1S/C12H13F2N3O2/c1-16-2-3-17(6-11(16)18)12(19)7-4-10(15)9(14)5-8(7)13/h4-5H,2-3,6,15H2,1H3. The zero-order valence-electron chi connectivity index (χ0n) is 10.3. The highest BCUT2D eigenvalue weighted by Crippen LogP contribution is 2.19. The Bertz CT molecular complexity index is 548. The molecule has 1 aromatic carbocycles. The van der Waals surface area contributed by atoms with Crippen molar-refractivity contribution in [1.82, 2.24) is 9.80 Å². The first-order valence-electron chi connectivity index (χ1n) is 5.68. The minimum absolute atomic E-state index is 0.119. The summed E-state index contributed by atoms with van der Waals surface area (Å²) in [5, 5.41) is 0. The Labute approximate surface area is 108 Å². The van der Waals surface area contributed by atoms with Gasteiger partial charge in [-0.15, -0.1) is 0 Å². The number of carbonyl (C=O) groups is 2. The molecule has 1 fully saturated rings. The van der Waals surface area contributed by atoms with Crippen molar-refractivity contribution in [2.75, 3.05) is 32.4 Å². The molecule has 1 aromatic rings. The summed E-state index contributed by atoms with van der Waals surface area (Å²) in [6.07, 6.45) is 0. The number of likely N-dealkylation sites (N-methyl/N-ethyl adjacent to an activating group) is 1. The van der Waals surface area contributed by atoms with Crippen molar-refractivity contribution in [1.29, 1.82) is 0 Å². The lowest BCUT2D eigenvalue weighted by molar-refractivity contribution is -0.133. The predicted octanol–water partition coefficient (Wildman–Crippen LogP) is 0.461. The predicted molar refractivity (Wildman–Crippen MR) is 64.3 cm³/mol. The number of amides is 2. The van der Waals surface area contributed by atoms with Gasteiger partial charge in [0.15, 0.2) is 0 Å². The number of carbonyl (C=O) groups excluding carboxylic acids is 2. The average molecular weight is 269 g/mol. The molecule has 0 atom stereocenters. The van der Waals surface area contributed by atoms with Crippen LogP contribution in [0.1, 0.15) is 10.4 Å². The Morgan fingerprint density at radius 2 is 1.95 bits per heavy atom. The van der Waals surface area contributed by atoms with E-state index in [1.165, 1.54) is 9.80 Å². The number of piperazine rings is 1. The average Bonchev–Trinajstić information content (AvgIpc) is 2.36. The largest absolute Gasteiger partial charge is 0.396 e. The second-order valence-electron chi connectivity index (χ2n) is 4.40. The Hall–Kier alpha value is -2.18. The molecule has 19 heavy (non-hydrogen) atoms. The first-order valence-corrected chi connectivity index (χ1v) is 5.68. The second-order valence-corrected chi connectivity index (χ2v) is 4.40. The summed E-state index contributed by atoms with van der Waals surface area (Å²) in [7, 11) is 1.63. The van der Waals surface area contributed by atoms with Crippen molar-refractivity contribution in [3.8, 4) is 0 Å². The fraction of sp³-hybridized carbons (Fsp3) is 0.333. The van der Waals surface area contributed by atoms with Gasteiger partial charge in [0.05, 0.1) is 11.3 Å². The quantitative estimate of drug-likeness (QED) is 0.753. The number of benzene rings is 1. The van der Waals surface area contributed by atoms with Crippen LogP contribution in [0.3, 0.4) is 0 Å². The molecule has 0 aromatic heterocycles. The van der Waals surface area contributed by atoms with E-state index < -0.39 is 17.5 Å². The van der Waals surface area contributed by atoms with Crippen LogP contribution in [0.25, 0.3) is 0 Å². The molecule has 0 aliphatic carbocycles. The number of hydrogen-bond donors (Lipinski definition) is 1. The molecule has 1 saturated heterocycles. The monoisotopic (exact) mass is 269 g/mol. The smallest absolute Gasteiger partial charge is 0.257 e. The maximum absolute atomic E-state index is 13.6. The van der Waals surface area contributed by atoms with E-state index in [-0.39, 0.29) is 23.7 Å². The van der Waals surface area contributed by atoms with E-state index in [2.05, 4.69) is 0 Å². The van der Waals surface area contributed by atoms with E-state index in [9.17, 15) is 18.4 Å². The summed E-state index contributed by atoms with van der Waals surface area (Å²) in [6, 6.07) is 1.52. The van der Waals surface area contributed by atoms with E-state index in [1.807, 2.05) is 0 Å². The van der Waals surface area contributed by atoms with Crippen LogP contribution in [0.5, 0.6) is 0 Å². The highest BCUT2D eigenvalue weighted by atomic mass is 19.1. The van der Waals surface area contributed by atoms with Crippen molar-refractivity contribution in [2.24, 2.45) is 0 Å². The van der Waals surface area contributed by atoms with Gasteiger partial charge in [0.2, 0.25) is 5.91 Å². The molecule has 102 valence electrons. The first kappa shape index (κ1) is 13.3. The van der Waals surface area contributed by atoms with E-state index in [1.54, 1.807) is 7.05 Å². The number of nitrogen functional groups attached to an aromatic ring is 1. The third-order valence-electron chi connectivity index (χ3n) is 3.06. The molecule has 2 rings (SSSR count). The van der Waals surface area contributed by atoms with Crippen molar-refractivity contribution < 1.29 is 18.4 Å². The summed E-state index contributed by atoms with van der Waals surface area (Å²) in [4.78, 5) is 26.3. The zero-order valence-corrected chi connectivity index (χ0v) is 10.3. The minimum Gasteiger partial charge on any atom is -0.396 e. The fourth-order valence-electron chi connectivity index (χ4n) is 1.83. The summed E-state index contributed by atoms with van der Waals surface area (Å²) in [6.45, 7) is 0.562. The lowest BCUT2D eigenvalue weighted by Gasteiger charge is -2.32. The van der Waals surface area contributed by atoms with Crippen molar-refractivity contribution in [3.63, 3.8) is 0 Å². The number of nitrogens with two attached hydrogens (primary N) is 1. The molecule has 0 bridgehead atoms. The highest BCUT2D eigenvalue weighted by molar-refractivity contribution is 5.97. The van der Waals surface area contributed by atoms with Crippen LogP contribution in [-0.2, 0) is 4.79 Å². The van der Waals surface area contributed by atoms with Gasteiger partial charge in [-0.1, -0.05) is 0 Å². The van der Waals surface area contributed by atoms with Gasteiger partial charge in [0, 0.05) is 26.2 Å². The Kier molecular flexibility index (Phi) is 3.37. The SMILES string of the molecule is CN1CCN(C(=O)c2cc(N)c(F)cc2F)CC1=O. The Morgan fingerprint density at radius 3 is 2.58 bits per heavy atom. The van der Waals surface area contributed by atoms with Crippen molar-refractivity contribution >= 4 is 17.5 Å². The van der Waals surface area contributed by atoms with E-state index in [0.717, 1.165) is 6.07 Å². The number of anilines is 1. The van der Waals surface area contributed by atoms with Gasteiger partial charge >= 0.3 is 0 Å². The highest BCUT2D eigenvalue weighted by Gasteiger charge is 2.27. The minimum atomic E-state index is -0.983. The molecule has 1 aliphatic heterocycles. The first-order chi connectivity index (χ1) is 8.90. The second kappa shape index (κ2) is 4.83. The van der Waals surface area contributed by atoms with Crippen molar-refractivity contribution in [2.45, 2.75) is 0 Å². The topological polar surface area (TPSA) is 66.6 Å². The van der Waals surface area contributed by atoms with Crippen LogP contribution in [-0.4, -0.2) is 48.3 Å². The van der Waals surface area contributed by atoms with Crippen LogP contribution >= 0.6 is 0 Å². The summed E-state index contributed by atoms with van der Waals surface area (Å²) >= 11 is 0. The number of rotatable bonds is 1. The number of halogens is 2. The van der Waals surface area contributed by atoms with E-state index in [4.69, 9.17) is 5.73 Å². The molecule has 0 radical (unpaired) electrons. The molecule has 5 nitrogen and oxygen atoms in total. The molecule has 1 heterocycles. The molecule has 2 amide bonds. The van der Waals surface area contributed by atoms with Gasteiger partial charge < -0.3 is 15.5 Å². The van der Waals surface area contributed by atoms with Crippen LogP contribution in [0.4, 0.5) is 14.5 Å². The van der Waals surface area contributed by atoms with Gasteiger partial charge in [-0.05, 0) is 6.07 Å². The fourth-order valence-corrected chi connectivity index (χ4v) is 1.83. The van der Waals surface area contributed by atoms with Gasteiger partial charge in [-0.3, -0.25) is 9.59 Å². The maximum Gasteiger partial charge on any atom is 0.257 e. The summed E-state index contributed by atoms with van der Waals surface area (Å²) in [5.41, 5.74) is 4.69. The Morgan fingerprint density at radius 1 is 1.26 bits per heavy atom. The summed E-state index contributed by atoms with van der Waals surface area (Å²) < 4.78 is 26.6. The van der Waals surface area contributed by atoms with E-state index >= 15 is 0 Å². The molecule has 1 aliphatic rings. The molecule has 2 N–H and O–H groups in total. The van der Waals surface area contributed by atoms with Crippen LogP contribution in [0.2, 0.25) is 0 Å². The third-order valence-corrected chi connectivity index (χ3v) is 3.06. The van der Waals surface area contributed by atoms with Crippen LogP contribution in [0, 0.1) is 11.6 Å². The molecular weight excluding hydrogens is 256 g/mol. The maximum atomic E-state index is 13.6. The third kappa shape index (κ3) is 2.49. The summed E-state index contributed by atoms with van der Waals surface area (Å²) in [5.74, 6) is -2.78. The number of hydrogen-bond acceptors (Lipinski definition) is 3. The van der Waals surface area contributed by atoms with Gasteiger partial charge in [0.25, 0.3) is 5.91 Å². The van der Waals surface area contributed by atoms with E-state index in [0.29, 0.717) is 19.2 Å². The van der Waals surface area contributed by atoms with Gasteiger partial charge in [0.1, 0.15) is 18.2 Å². The Balaban J connectivity index is 2.25. The normalized spacial score (nSPS) is 15.8. The lowest BCUT2D eigenvalue weighted by atomic mass is 10.1. The van der Waals surface area contributed by atoms with Gasteiger partial charge in [-0.2, -0.15) is 0 Å². The molecule has 0 spiro atoms. The molecular formula is C12H13F2N3O2. The lowest BCUT2D eigenvalue weighted by Crippen LogP contribution is -2.50. The zero-order chi connectivity index (χ0) is 14.2. The molecule has 7 heteroatoms.